The van der Waals surface area contributed by atoms with Crippen LogP contribution in [0.1, 0.15) is 34.7 Å². The molecular formula is C16H27N3. The molecule has 3 heteroatoms. The number of nitrogens with two attached hydrogens (primary N) is 1. The van der Waals surface area contributed by atoms with Crippen LogP contribution in [0.5, 0.6) is 0 Å². The van der Waals surface area contributed by atoms with Gasteiger partial charge in [-0.25, -0.2) is 0 Å². The zero-order valence-corrected chi connectivity index (χ0v) is 12.7. The SMILES string of the molecule is Cc1cc(C)c(C(N)CC2CN(C)CCN2)cc1C. The largest absolute Gasteiger partial charge is 0.324 e. The highest BCUT2D eigenvalue weighted by Crippen LogP contribution is 2.24. The highest BCUT2D eigenvalue weighted by molar-refractivity contribution is 5.38. The van der Waals surface area contributed by atoms with Crippen LogP contribution >= 0.6 is 0 Å². The Hall–Kier alpha value is -0.900. The predicted molar refractivity (Wildman–Crippen MR) is 81.5 cm³/mol. The third-order valence-corrected chi connectivity index (χ3v) is 4.28. The molecule has 2 rings (SSSR count). The Morgan fingerprint density at radius 3 is 2.63 bits per heavy atom. The molecule has 1 saturated heterocycles. The van der Waals surface area contributed by atoms with E-state index in [0.29, 0.717) is 6.04 Å². The Morgan fingerprint density at radius 1 is 1.26 bits per heavy atom. The van der Waals surface area contributed by atoms with Crippen LogP contribution in [0.4, 0.5) is 0 Å². The molecule has 2 atom stereocenters. The second-order valence-corrected chi connectivity index (χ2v) is 6.05. The number of nitrogens with one attached hydrogen (secondary N) is 1. The number of rotatable bonds is 3. The molecule has 1 aliphatic heterocycles. The maximum Gasteiger partial charge on any atom is 0.0312 e. The Kier molecular flexibility index (Phi) is 4.61. The van der Waals surface area contributed by atoms with Gasteiger partial charge in [0.1, 0.15) is 0 Å². The lowest BCUT2D eigenvalue weighted by Gasteiger charge is -2.32. The molecule has 3 N–H and O–H groups in total. The first-order valence-corrected chi connectivity index (χ1v) is 7.22. The molecule has 106 valence electrons. The second kappa shape index (κ2) is 6.04. The molecule has 1 heterocycles. The van der Waals surface area contributed by atoms with Crippen LogP contribution in [-0.4, -0.2) is 37.6 Å². The van der Waals surface area contributed by atoms with Crippen LogP contribution in [-0.2, 0) is 0 Å². The third kappa shape index (κ3) is 3.56. The van der Waals surface area contributed by atoms with E-state index in [2.05, 4.69) is 50.2 Å². The van der Waals surface area contributed by atoms with Gasteiger partial charge in [-0.1, -0.05) is 12.1 Å². The molecule has 1 fully saturated rings. The van der Waals surface area contributed by atoms with Crippen LogP contribution in [0.15, 0.2) is 12.1 Å². The van der Waals surface area contributed by atoms with Gasteiger partial charge in [0, 0.05) is 31.7 Å². The first-order chi connectivity index (χ1) is 8.97. The van der Waals surface area contributed by atoms with Crippen LogP contribution < -0.4 is 11.1 Å². The molecule has 0 aromatic heterocycles. The summed E-state index contributed by atoms with van der Waals surface area (Å²) in [5, 5.41) is 3.57. The smallest absolute Gasteiger partial charge is 0.0312 e. The number of hydrogen-bond donors (Lipinski definition) is 2. The summed E-state index contributed by atoms with van der Waals surface area (Å²) in [6.45, 7) is 9.79. The molecule has 0 aliphatic carbocycles. The Morgan fingerprint density at radius 2 is 1.95 bits per heavy atom. The van der Waals surface area contributed by atoms with Gasteiger partial charge in [-0.3, -0.25) is 0 Å². The zero-order valence-electron chi connectivity index (χ0n) is 12.7. The summed E-state index contributed by atoms with van der Waals surface area (Å²) < 4.78 is 0. The van der Waals surface area contributed by atoms with Gasteiger partial charge in [0.15, 0.2) is 0 Å². The van der Waals surface area contributed by atoms with Crippen molar-refractivity contribution >= 4 is 0 Å². The van der Waals surface area contributed by atoms with E-state index in [9.17, 15) is 0 Å². The number of nitrogens with zero attached hydrogens (tertiary/aromatic N) is 1. The molecular weight excluding hydrogens is 234 g/mol. The summed E-state index contributed by atoms with van der Waals surface area (Å²) in [7, 11) is 2.18. The van der Waals surface area contributed by atoms with Crippen molar-refractivity contribution in [3.05, 3.63) is 34.4 Å². The molecule has 0 amide bonds. The Bertz CT molecular complexity index is 442. The van der Waals surface area contributed by atoms with Crippen molar-refractivity contribution in [1.82, 2.24) is 10.2 Å². The van der Waals surface area contributed by atoms with Crippen LogP contribution in [0.3, 0.4) is 0 Å². The number of likely N-dealkylation sites (N-methyl/N-ethyl adjacent to an activating group) is 1. The average Bonchev–Trinajstić information content (AvgIpc) is 2.33. The fourth-order valence-corrected chi connectivity index (χ4v) is 2.97. The van der Waals surface area contributed by atoms with Gasteiger partial charge in [-0.15, -0.1) is 0 Å². The summed E-state index contributed by atoms with van der Waals surface area (Å²) in [5.74, 6) is 0. The molecule has 0 bridgehead atoms. The standard InChI is InChI=1S/C16H27N3/c1-11-7-13(3)15(8-12(11)2)16(17)9-14-10-19(4)6-5-18-14/h7-8,14,16,18H,5-6,9-10,17H2,1-4H3. The predicted octanol–water partition coefficient (Wildman–Crippen LogP) is 1.91. The topological polar surface area (TPSA) is 41.3 Å². The number of hydrogen-bond acceptors (Lipinski definition) is 3. The first-order valence-electron chi connectivity index (χ1n) is 7.22. The minimum atomic E-state index is 0.128. The number of aryl methyl sites for hydroxylation is 3. The van der Waals surface area contributed by atoms with E-state index < -0.39 is 0 Å². The highest BCUT2D eigenvalue weighted by atomic mass is 15.2. The molecule has 1 aromatic carbocycles. The van der Waals surface area contributed by atoms with E-state index >= 15 is 0 Å². The van der Waals surface area contributed by atoms with Crippen LogP contribution in [0.2, 0.25) is 0 Å². The maximum absolute atomic E-state index is 6.43. The third-order valence-electron chi connectivity index (χ3n) is 4.28. The fraction of sp³-hybridized carbons (Fsp3) is 0.625. The Labute approximate surface area is 117 Å². The molecule has 2 unspecified atom stereocenters. The van der Waals surface area contributed by atoms with Crippen LogP contribution in [0, 0.1) is 20.8 Å². The van der Waals surface area contributed by atoms with Gasteiger partial charge in [-0.05, 0) is 56.5 Å². The number of benzene rings is 1. The van der Waals surface area contributed by atoms with Gasteiger partial charge >= 0.3 is 0 Å². The van der Waals surface area contributed by atoms with Crippen molar-refractivity contribution in [2.24, 2.45) is 5.73 Å². The zero-order chi connectivity index (χ0) is 14.0. The number of piperazine rings is 1. The molecule has 3 nitrogen and oxygen atoms in total. The first kappa shape index (κ1) is 14.5. The lowest BCUT2D eigenvalue weighted by Crippen LogP contribution is -2.50. The van der Waals surface area contributed by atoms with E-state index in [1.54, 1.807) is 0 Å². The van der Waals surface area contributed by atoms with Crippen molar-refractivity contribution in [2.75, 3.05) is 26.7 Å². The van der Waals surface area contributed by atoms with Gasteiger partial charge in [-0.2, -0.15) is 0 Å². The van der Waals surface area contributed by atoms with Gasteiger partial charge in [0.2, 0.25) is 0 Å². The average molecular weight is 261 g/mol. The van der Waals surface area contributed by atoms with E-state index in [-0.39, 0.29) is 6.04 Å². The molecule has 1 aliphatic rings. The lowest BCUT2D eigenvalue weighted by atomic mass is 9.92. The van der Waals surface area contributed by atoms with Crippen molar-refractivity contribution in [2.45, 2.75) is 39.3 Å². The summed E-state index contributed by atoms with van der Waals surface area (Å²) in [5.41, 5.74) is 11.7. The van der Waals surface area contributed by atoms with E-state index in [4.69, 9.17) is 5.73 Å². The van der Waals surface area contributed by atoms with E-state index in [1.165, 1.54) is 22.3 Å². The van der Waals surface area contributed by atoms with Gasteiger partial charge in [0.25, 0.3) is 0 Å². The summed E-state index contributed by atoms with van der Waals surface area (Å²) in [4.78, 5) is 2.38. The molecule has 0 radical (unpaired) electrons. The summed E-state index contributed by atoms with van der Waals surface area (Å²) >= 11 is 0. The molecule has 19 heavy (non-hydrogen) atoms. The van der Waals surface area contributed by atoms with Crippen molar-refractivity contribution < 1.29 is 0 Å². The van der Waals surface area contributed by atoms with Crippen molar-refractivity contribution in [3.63, 3.8) is 0 Å². The van der Waals surface area contributed by atoms with Crippen molar-refractivity contribution in [1.29, 1.82) is 0 Å². The normalized spacial score (nSPS) is 22.5. The second-order valence-electron chi connectivity index (χ2n) is 6.05. The fourth-order valence-electron chi connectivity index (χ4n) is 2.97. The quantitative estimate of drug-likeness (QED) is 0.873. The van der Waals surface area contributed by atoms with E-state index in [0.717, 1.165) is 26.1 Å². The highest BCUT2D eigenvalue weighted by Gasteiger charge is 2.20. The molecule has 1 aromatic rings. The molecule has 0 spiro atoms. The minimum Gasteiger partial charge on any atom is -0.324 e. The van der Waals surface area contributed by atoms with Crippen molar-refractivity contribution in [3.8, 4) is 0 Å². The van der Waals surface area contributed by atoms with Gasteiger partial charge < -0.3 is 16.0 Å². The summed E-state index contributed by atoms with van der Waals surface area (Å²) in [6.07, 6.45) is 1.01. The monoisotopic (exact) mass is 261 g/mol. The maximum atomic E-state index is 6.43. The minimum absolute atomic E-state index is 0.128. The summed E-state index contributed by atoms with van der Waals surface area (Å²) in [6, 6.07) is 5.16. The lowest BCUT2D eigenvalue weighted by molar-refractivity contribution is 0.225. The molecule has 0 saturated carbocycles. The Balaban J connectivity index is 2.07. The van der Waals surface area contributed by atoms with Crippen LogP contribution in [0.25, 0.3) is 0 Å². The van der Waals surface area contributed by atoms with E-state index in [1.807, 2.05) is 0 Å². The van der Waals surface area contributed by atoms with Gasteiger partial charge in [0.05, 0.1) is 0 Å².